The first kappa shape index (κ1) is 34.0. The maximum absolute atomic E-state index is 12.2. The number of para-hydroxylation sites is 1. The molecule has 0 spiro atoms. The summed E-state index contributed by atoms with van der Waals surface area (Å²) in [5, 5.41) is 34.3. The number of aliphatic carboxylic acids is 1. The van der Waals surface area contributed by atoms with Crippen LogP contribution in [0.15, 0.2) is 108 Å². The highest BCUT2D eigenvalue weighted by molar-refractivity contribution is 7.99. The summed E-state index contributed by atoms with van der Waals surface area (Å²) in [6, 6.07) is 33.5. The summed E-state index contributed by atoms with van der Waals surface area (Å²) in [5.41, 5.74) is 6.47. The molecule has 2 heterocycles. The van der Waals surface area contributed by atoms with Crippen molar-refractivity contribution in [1.29, 1.82) is 0 Å². The van der Waals surface area contributed by atoms with Crippen molar-refractivity contribution < 1.29 is 29.3 Å². The van der Waals surface area contributed by atoms with E-state index in [1.165, 1.54) is 11.8 Å². The maximum atomic E-state index is 12.2. The molecule has 4 aromatic carbocycles. The summed E-state index contributed by atoms with van der Waals surface area (Å²) in [5.74, 6) is -0.484. The average Bonchev–Trinajstić information content (AvgIpc) is 3.62. The number of aliphatic hydroxyl groups is 1. The molecule has 0 bridgehead atoms. The second-order valence-electron chi connectivity index (χ2n) is 11.7. The van der Waals surface area contributed by atoms with E-state index in [4.69, 9.17) is 14.6 Å². The summed E-state index contributed by atoms with van der Waals surface area (Å²) in [7, 11) is 0. The van der Waals surface area contributed by atoms with Gasteiger partial charge in [0, 0.05) is 37.1 Å². The Hall–Kier alpha value is -4.88. The molecule has 0 saturated carbocycles. The van der Waals surface area contributed by atoms with Crippen molar-refractivity contribution in [2.45, 2.75) is 62.5 Å². The molecule has 12 heteroatoms. The number of ether oxygens (including phenoxy) is 2. The lowest BCUT2D eigenvalue weighted by Crippen LogP contribution is -2.31. The number of nitrogens with zero attached hydrogens (tertiary/aromatic N) is 4. The van der Waals surface area contributed by atoms with Crippen LogP contribution in [-0.4, -0.2) is 54.2 Å². The molecule has 1 fully saturated rings. The zero-order chi connectivity index (χ0) is 34.0. The Morgan fingerprint density at radius 3 is 2.41 bits per heavy atom. The van der Waals surface area contributed by atoms with Crippen molar-refractivity contribution in [3.05, 3.63) is 125 Å². The molecule has 1 aromatic heterocycles. The number of tetrazole rings is 1. The van der Waals surface area contributed by atoms with Crippen molar-refractivity contribution in [1.82, 2.24) is 25.5 Å². The molecule has 3 atom stereocenters. The zero-order valence-electron chi connectivity index (χ0n) is 26.7. The Labute approximate surface area is 288 Å². The molecular weight excluding hydrogens is 643 g/mol. The first-order chi connectivity index (χ1) is 23.9. The van der Waals surface area contributed by atoms with Gasteiger partial charge in [0.1, 0.15) is 0 Å². The molecule has 11 nitrogen and oxygen atoms in total. The number of hydrogen-bond donors (Lipinski definition) is 3. The smallest absolute Gasteiger partial charge is 0.303 e. The van der Waals surface area contributed by atoms with Crippen molar-refractivity contribution in [3.63, 3.8) is 0 Å². The minimum absolute atomic E-state index is 0.0277. The second kappa shape index (κ2) is 16.5. The Balaban J connectivity index is 1.18. The predicted octanol–water partition coefficient (Wildman–Crippen LogP) is 6.03. The number of aromatic nitrogens is 4. The summed E-state index contributed by atoms with van der Waals surface area (Å²) in [6.45, 7) is 0.317. The van der Waals surface area contributed by atoms with Crippen LogP contribution in [0.1, 0.15) is 60.3 Å². The van der Waals surface area contributed by atoms with E-state index in [2.05, 4.69) is 26.9 Å². The minimum atomic E-state index is -0.907. The first-order valence-corrected chi connectivity index (χ1v) is 17.1. The van der Waals surface area contributed by atoms with Crippen LogP contribution in [0, 0.1) is 0 Å². The summed E-state index contributed by atoms with van der Waals surface area (Å²) < 4.78 is 14.9. The SMILES string of the molecule is O=C(O)CCCC(=O)NCc1cccc(-c2cccc([C@@H]3O[C@H](CSc4nnnn4-c4ccccc4)C[C@H](c4ccc(CO)cc4)O3)c2)c1. The number of benzene rings is 4. The van der Waals surface area contributed by atoms with Gasteiger partial charge in [-0.25, -0.2) is 0 Å². The lowest BCUT2D eigenvalue weighted by Gasteiger charge is -2.36. The number of carboxylic acids is 1. The highest BCUT2D eigenvalue weighted by atomic mass is 32.2. The Morgan fingerprint density at radius 2 is 1.63 bits per heavy atom. The van der Waals surface area contributed by atoms with Crippen LogP contribution >= 0.6 is 11.8 Å². The van der Waals surface area contributed by atoms with Gasteiger partial charge in [0.15, 0.2) is 6.29 Å². The van der Waals surface area contributed by atoms with E-state index in [9.17, 15) is 14.7 Å². The molecule has 252 valence electrons. The van der Waals surface area contributed by atoms with Gasteiger partial charge in [-0.15, -0.1) is 5.10 Å². The third-order valence-corrected chi connectivity index (χ3v) is 9.21. The monoisotopic (exact) mass is 679 g/mol. The molecule has 6 rings (SSSR count). The quantitative estimate of drug-likeness (QED) is 0.119. The first-order valence-electron chi connectivity index (χ1n) is 16.1. The standard InChI is InChI=1S/C37H37N5O6S/c43-23-25-15-17-27(18-16-25)33-21-32(24-49-37-39-40-41-42(37)31-11-2-1-3-12-31)47-36(48-33)30-10-5-9-29(20-30)28-8-4-7-26(19-28)22-38-34(44)13-6-14-35(45)46/h1-5,7-12,15-20,32-33,36,43H,6,13-14,21-24H2,(H,38,44)(H,45,46)/t32-,33+,36+/m0/s1. The van der Waals surface area contributed by atoms with Crippen LogP contribution < -0.4 is 5.32 Å². The Bertz CT molecular complexity index is 1850. The molecule has 0 aliphatic carbocycles. The summed E-state index contributed by atoms with van der Waals surface area (Å²) in [6.07, 6.45) is 0.00924. The summed E-state index contributed by atoms with van der Waals surface area (Å²) in [4.78, 5) is 22.9. The Kier molecular flexibility index (Phi) is 11.4. The number of rotatable bonds is 14. The van der Waals surface area contributed by atoms with E-state index in [1.807, 2.05) is 97.1 Å². The Morgan fingerprint density at radius 1 is 0.857 bits per heavy atom. The van der Waals surface area contributed by atoms with Crippen LogP contribution in [0.2, 0.25) is 0 Å². The van der Waals surface area contributed by atoms with Crippen molar-refractivity contribution in [2.75, 3.05) is 5.75 Å². The molecule has 0 radical (unpaired) electrons. The highest BCUT2D eigenvalue weighted by Crippen LogP contribution is 2.40. The number of thioether (sulfide) groups is 1. The van der Waals surface area contributed by atoms with Crippen LogP contribution in [0.5, 0.6) is 0 Å². The fourth-order valence-corrected chi connectivity index (χ4v) is 6.51. The van der Waals surface area contributed by atoms with Gasteiger partial charge in [-0.2, -0.15) is 4.68 Å². The third-order valence-electron chi connectivity index (χ3n) is 8.16. The van der Waals surface area contributed by atoms with Gasteiger partial charge in [0.05, 0.1) is 24.5 Å². The topological polar surface area (TPSA) is 149 Å². The largest absolute Gasteiger partial charge is 0.481 e. The van der Waals surface area contributed by atoms with Gasteiger partial charge in [-0.1, -0.05) is 90.6 Å². The molecule has 5 aromatic rings. The van der Waals surface area contributed by atoms with E-state index >= 15 is 0 Å². The number of amides is 1. The highest BCUT2D eigenvalue weighted by Gasteiger charge is 2.33. The molecular formula is C37H37N5O6S. The van der Waals surface area contributed by atoms with E-state index in [1.54, 1.807) is 4.68 Å². The molecule has 1 aliphatic heterocycles. The van der Waals surface area contributed by atoms with Gasteiger partial charge in [0.25, 0.3) is 0 Å². The van der Waals surface area contributed by atoms with Crippen LogP contribution in [0.4, 0.5) is 0 Å². The zero-order valence-corrected chi connectivity index (χ0v) is 27.5. The molecule has 1 amide bonds. The van der Waals surface area contributed by atoms with Crippen LogP contribution in [-0.2, 0) is 32.2 Å². The van der Waals surface area contributed by atoms with Gasteiger partial charge in [-0.3, -0.25) is 9.59 Å². The van der Waals surface area contributed by atoms with Crippen molar-refractivity contribution >= 4 is 23.6 Å². The number of nitrogens with one attached hydrogen (secondary N) is 1. The minimum Gasteiger partial charge on any atom is -0.481 e. The van der Waals surface area contributed by atoms with Crippen LogP contribution in [0.25, 0.3) is 16.8 Å². The number of hydrogen-bond acceptors (Lipinski definition) is 9. The predicted molar refractivity (Wildman–Crippen MR) is 184 cm³/mol. The van der Waals surface area contributed by atoms with Gasteiger partial charge < -0.3 is 25.0 Å². The molecule has 1 aliphatic rings. The molecule has 0 unspecified atom stereocenters. The summed E-state index contributed by atoms with van der Waals surface area (Å²) >= 11 is 1.53. The number of carboxylic acid groups (broad SMARTS) is 1. The maximum Gasteiger partial charge on any atom is 0.303 e. The number of carbonyl (C=O) groups excluding carboxylic acids is 1. The van der Waals surface area contributed by atoms with Crippen LogP contribution in [0.3, 0.4) is 0 Å². The van der Waals surface area contributed by atoms with E-state index < -0.39 is 12.3 Å². The average molecular weight is 680 g/mol. The molecule has 1 saturated heterocycles. The van der Waals surface area contributed by atoms with Crippen molar-refractivity contribution in [3.8, 4) is 16.8 Å². The number of aliphatic hydroxyl groups excluding tert-OH is 1. The fourth-order valence-electron chi connectivity index (χ4n) is 5.61. The normalized spacial score (nSPS) is 17.4. The van der Waals surface area contributed by atoms with Gasteiger partial charge in [0.2, 0.25) is 11.1 Å². The number of carbonyl (C=O) groups is 2. The molecule has 3 N–H and O–H groups in total. The van der Waals surface area contributed by atoms with E-state index in [0.717, 1.165) is 39.1 Å². The van der Waals surface area contributed by atoms with E-state index in [-0.39, 0.29) is 37.6 Å². The van der Waals surface area contributed by atoms with Gasteiger partial charge >= 0.3 is 5.97 Å². The second-order valence-corrected chi connectivity index (χ2v) is 12.7. The third kappa shape index (κ3) is 9.18. The molecule has 49 heavy (non-hydrogen) atoms. The van der Waals surface area contributed by atoms with Gasteiger partial charge in [-0.05, 0) is 68.9 Å². The van der Waals surface area contributed by atoms with E-state index in [0.29, 0.717) is 30.3 Å². The lowest BCUT2D eigenvalue weighted by atomic mass is 9.99. The lowest BCUT2D eigenvalue weighted by molar-refractivity contribution is -0.245. The van der Waals surface area contributed by atoms with Crippen molar-refractivity contribution in [2.24, 2.45) is 0 Å². The fraction of sp³-hybridized carbons (Fsp3) is 0.270.